The molecule has 5 rings (SSSR count). The third-order valence-electron chi connectivity index (χ3n) is 6.94. The summed E-state index contributed by atoms with van der Waals surface area (Å²) in [5.74, 6) is 1.27. The van der Waals surface area contributed by atoms with E-state index in [0.29, 0.717) is 0 Å². The first-order chi connectivity index (χ1) is 15.2. The maximum absolute atomic E-state index is 13.7. The van der Waals surface area contributed by atoms with Crippen LogP contribution < -0.4 is 10.1 Å². The number of carbonyl (C=O) groups is 1. The van der Waals surface area contributed by atoms with E-state index in [0.717, 1.165) is 49.5 Å². The van der Waals surface area contributed by atoms with E-state index in [1.165, 1.54) is 11.1 Å². The number of ether oxygens (including phenoxy) is 1. The van der Waals surface area contributed by atoms with Crippen molar-refractivity contribution in [2.24, 2.45) is 5.92 Å². The van der Waals surface area contributed by atoms with Crippen LogP contribution >= 0.6 is 0 Å². The van der Waals surface area contributed by atoms with Crippen LogP contribution in [0.4, 0.5) is 5.69 Å². The van der Waals surface area contributed by atoms with Crippen LogP contribution in [0.2, 0.25) is 0 Å². The highest BCUT2D eigenvalue weighted by atomic mass is 16.5. The van der Waals surface area contributed by atoms with Crippen molar-refractivity contribution >= 4 is 11.6 Å². The van der Waals surface area contributed by atoms with E-state index in [4.69, 9.17) is 4.74 Å². The van der Waals surface area contributed by atoms with Gasteiger partial charge in [-0.3, -0.25) is 9.69 Å². The molecule has 3 aromatic carbocycles. The molecule has 0 radical (unpaired) electrons. The molecule has 0 spiro atoms. The lowest BCUT2D eigenvalue weighted by atomic mass is 9.64. The van der Waals surface area contributed by atoms with Crippen LogP contribution in [0.15, 0.2) is 78.9 Å². The molecule has 158 valence electrons. The number of benzene rings is 3. The Morgan fingerprint density at radius 3 is 2.68 bits per heavy atom. The molecule has 2 aliphatic rings. The molecule has 1 fully saturated rings. The molecule has 0 aromatic heterocycles. The number of likely N-dealkylation sites (tertiary alicyclic amines) is 1. The summed E-state index contributed by atoms with van der Waals surface area (Å²) >= 11 is 0. The summed E-state index contributed by atoms with van der Waals surface area (Å²) in [5.41, 5.74) is 3.99. The Bertz CT molecular complexity index is 1080. The third kappa shape index (κ3) is 3.61. The number of nitrogens with zero attached hydrogens (tertiary/aromatic N) is 1. The Morgan fingerprint density at radius 1 is 1.03 bits per heavy atom. The summed E-state index contributed by atoms with van der Waals surface area (Å²) in [7, 11) is 1.70. The van der Waals surface area contributed by atoms with Gasteiger partial charge in [0, 0.05) is 18.8 Å². The van der Waals surface area contributed by atoms with Crippen LogP contribution in [0.25, 0.3) is 0 Å². The number of methoxy groups -OCH3 is 1. The second-order valence-electron chi connectivity index (χ2n) is 8.70. The van der Waals surface area contributed by atoms with Crippen LogP contribution in [-0.4, -0.2) is 31.0 Å². The van der Waals surface area contributed by atoms with Gasteiger partial charge in [-0.15, -0.1) is 0 Å². The van der Waals surface area contributed by atoms with Gasteiger partial charge in [0.15, 0.2) is 0 Å². The highest BCUT2D eigenvalue weighted by molar-refractivity contribution is 6.02. The molecular weight excluding hydrogens is 384 g/mol. The molecule has 4 nitrogen and oxygen atoms in total. The lowest BCUT2D eigenvalue weighted by Crippen LogP contribution is -2.51. The number of rotatable bonds is 5. The fraction of sp³-hybridized carbons (Fsp3) is 0.296. The number of hydrogen-bond donors (Lipinski definition) is 1. The molecule has 2 heterocycles. The van der Waals surface area contributed by atoms with Crippen LogP contribution in [0.1, 0.15) is 23.1 Å². The first-order valence-electron chi connectivity index (χ1n) is 11.0. The van der Waals surface area contributed by atoms with Crippen LogP contribution in [-0.2, 0) is 23.2 Å². The van der Waals surface area contributed by atoms with E-state index >= 15 is 0 Å². The van der Waals surface area contributed by atoms with Gasteiger partial charge in [0.2, 0.25) is 5.91 Å². The molecule has 1 amide bonds. The van der Waals surface area contributed by atoms with Gasteiger partial charge in [-0.2, -0.15) is 0 Å². The molecule has 1 unspecified atom stereocenters. The van der Waals surface area contributed by atoms with Crippen molar-refractivity contribution < 1.29 is 9.53 Å². The monoisotopic (exact) mass is 412 g/mol. The summed E-state index contributed by atoms with van der Waals surface area (Å²) in [4.78, 5) is 16.1. The lowest BCUT2D eigenvalue weighted by molar-refractivity contribution is -0.124. The van der Waals surface area contributed by atoms with Gasteiger partial charge in [0.25, 0.3) is 0 Å². The van der Waals surface area contributed by atoms with Gasteiger partial charge in [-0.05, 0) is 60.2 Å². The highest BCUT2D eigenvalue weighted by Gasteiger charge is 2.51. The predicted molar refractivity (Wildman–Crippen MR) is 123 cm³/mol. The smallest absolute Gasteiger partial charge is 0.235 e. The van der Waals surface area contributed by atoms with Crippen molar-refractivity contribution in [3.63, 3.8) is 0 Å². The van der Waals surface area contributed by atoms with Gasteiger partial charge in [0.1, 0.15) is 5.75 Å². The summed E-state index contributed by atoms with van der Waals surface area (Å²) in [6.45, 7) is 2.77. The second-order valence-corrected chi connectivity index (χ2v) is 8.70. The van der Waals surface area contributed by atoms with Gasteiger partial charge in [-0.1, -0.05) is 60.7 Å². The number of carbonyl (C=O) groups excluding carboxylic acids is 1. The van der Waals surface area contributed by atoms with E-state index in [1.807, 2.05) is 42.5 Å². The highest BCUT2D eigenvalue weighted by Crippen LogP contribution is 2.45. The zero-order valence-corrected chi connectivity index (χ0v) is 17.9. The Labute approximate surface area is 183 Å². The molecule has 3 aromatic rings. The van der Waals surface area contributed by atoms with E-state index in [-0.39, 0.29) is 11.8 Å². The normalized spacial score (nSPS) is 23.3. The minimum absolute atomic E-state index is 0.130. The van der Waals surface area contributed by atoms with E-state index in [1.54, 1.807) is 7.11 Å². The maximum Gasteiger partial charge on any atom is 0.235 e. The fourth-order valence-electron chi connectivity index (χ4n) is 5.35. The van der Waals surface area contributed by atoms with E-state index in [2.05, 4.69) is 46.6 Å². The van der Waals surface area contributed by atoms with Crippen molar-refractivity contribution in [2.45, 2.75) is 24.8 Å². The van der Waals surface area contributed by atoms with Gasteiger partial charge >= 0.3 is 0 Å². The second kappa shape index (κ2) is 8.20. The average Bonchev–Trinajstić information content (AvgIpc) is 3.28. The quantitative estimate of drug-likeness (QED) is 0.663. The zero-order chi connectivity index (χ0) is 21.3. The van der Waals surface area contributed by atoms with Crippen molar-refractivity contribution in [3.8, 4) is 5.75 Å². The molecule has 4 heteroatoms. The summed E-state index contributed by atoms with van der Waals surface area (Å²) in [6.07, 6.45) is 1.76. The van der Waals surface area contributed by atoms with Gasteiger partial charge in [-0.25, -0.2) is 0 Å². The first kappa shape index (κ1) is 19.8. The van der Waals surface area contributed by atoms with Crippen LogP contribution in [0.5, 0.6) is 5.75 Å². The SMILES string of the molecule is COc1cccc(CN2CC[C@@H](C3(c4ccccc4)Cc4ccccc4NC3=O)C2)c1. The molecule has 2 aliphatic heterocycles. The minimum atomic E-state index is -0.543. The summed E-state index contributed by atoms with van der Waals surface area (Å²) in [6, 6.07) is 26.8. The van der Waals surface area contributed by atoms with Crippen molar-refractivity contribution in [1.29, 1.82) is 0 Å². The number of hydrogen-bond acceptors (Lipinski definition) is 3. The third-order valence-corrected chi connectivity index (χ3v) is 6.94. The molecule has 0 aliphatic carbocycles. The molecule has 1 saturated heterocycles. The molecule has 0 saturated carbocycles. The Hall–Kier alpha value is -3.11. The number of anilines is 1. The van der Waals surface area contributed by atoms with E-state index < -0.39 is 5.41 Å². The first-order valence-corrected chi connectivity index (χ1v) is 11.0. The standard InChI is InChI=1S/C27H28N2O2/c1-31-24-12-7-8-20(16-24)18-29-15-14-23(19-29)27(22-10-3-2-4-11-22)17-21-9-5-6-13-25(21)28-26(27)30/h2-13,16,23H,14-15,17-19H2,1H3,(H,28,30)/t23-,27?/m1/s1. The Balaban J connectivity index is 1.45. The molecule has 2 atom stereocenters. The maximum atomic E-state index is 13.7. The van der Waals surface area contributed by atoms with Crippen LogP contribution in [0, 0.1) is 5.92 Å². The fourth-order valence-corrected chi connectivity index (χ4v) is 5.35. The number of para-hydroxylation sites is 1. The van der Waals surface area contributed by atoms with Crippen molar-refractivity contribution in [2.75, 3.05) is 25.5 Å². The minimum Gasteiger partial charge on any atom is -0.497 e. The largest absolute Gasteiger partial charge is 0.497 e. The zero-order valence-electron chi connectivity index (χ0n) is 17.9. The molecule has 1 N–H and O–H groups in total. The summed E-state index contributed by atoms with van der Waals surface area (Å²) < 4.78 is 5.39. The average molecular weight is 413 g/mol. The number of amides is 1. The topological polar surface area (TPSA) is 41.6 Å². The number of fused-ring (bicyclic) bond motifs is 1. The lowest BCUT2D eigenvalue weighted by Gasteiger charge is -2.42. The van der Waals surface area contributed by atoms with Crippen LogP contribution in [0.3, 0.4) is 0 Å². The van der Waals surface area contributed by atoms with Crippen molar-refractivity contribution in [3.05, 3.63) is 95.6 Å². The van der Waals surface area contributed by atoms with Gasteiger partial charge in [0.05, 0.1) is 12.5 Å². The Morgan fingerprint density at radius 2 is 1.84 bits per heavy atom. The Kier molecular flexibility index (Phi) is 5.24. The summed E-state index contributed by atoms with van der Waals surface area (Å²) in [5, 5.41) is 3.23. The van der Waals surface area contributed by atoms with Crippen molar-refractivity contribution in [1.82, 2.24) is 4.90 Å². The van der Waals surface area contributed by atoms with E-state index in [9.17, 15) is 4.79 Å². The predicted octanol–water partition coefficient (Wildman–Crippen LogP) is 4.65. The van der Waals surface area contributed by atoms with Gasteiger partial charge < -0.3 is 10.1 Å². The number of nitrogens with one attached hydrogen (secondary N) is 1. The molecule has 31 heavy (non-hydrogen) atoms. The molecular formula is C27H28N2O2. The molecule has 0 bridgehead atoms.